The fourth-order valence-corrected chi connectivity index (χ4v) is 4.58. The van der Waals surface area contributed by atoms with Gasteiger partial charge in [0, 0.05) is 25.0 Å². The van der Waals surface area contributed by atoms with Gasteiger partial charge in [0.1, 0.15) is 0 Å². The normalized spacial score (nSPS) is 10.7. The zero-order valence-corrected chi connectivity index (χ0v) is 20.3. The van der Waals surface area contributed by atoms with Crippen LogP contribution in [0, 0.1) is 0 Å². The molecule has 0 radical (unpaired) electrons. The molecule has 5 aromatic rings. The molecule has 0 aliphatic rings. The quantitative estimate of drug-likeness (QED) is 0.242. The Morgan fingerprint density at radius 2 is 0.829 bits per heavy atom. The van der Waals surface area contributed by atoms with Crippen molar-refractivity contribution in [3.63, 3.8) is 0 Å². The molecule has 0 aliphatic heterocycles. The standard InChI is InChI=1S/C33H30N2/c1-3-35(31-24-20-29(21-25-31)27-14-8-5-9-15-27)33-17-11-10-16-32(33)34(2)30-22-18-28(19-23-30)26-12-6-4-7-13-26/h4-25H,3H2,1-2H3. The first kappa shape index (κ1) is 22.5. The van der Waals surface area contributed by atoms with Crippen LogP contribution in [0.25, 0.3) is 22.3 Å². The third kappa shape index (κ3) is 4.83. The summed E-state index contributed by atoms with van der Waals surface area (Å²) in [5.74, 6) is 0. The molecule has 0 aromatic heterocycles. The summed E-state index contributed by atoms with van der Waals surface area (Å²) < 4.78 is 0. The molecule has 0 bridgehead atoms. The van der Waals surface area contributed by atoms with Gasteiger partial charge in [-0.05, 0) is 65.6 Å². The molecule has 2 nitrogen and oxygen atoms in total. The summed E-state index contributed by atoms with van der Waals surface area (Å²) in [6.07, 6.45) is 0. The number of anilines is 4. The Balaban J connectivity index is 1.43. The van der Waals surface area contributed by atoms with Crippen LogP contribution < -0.4 is 9.80 Å². The molecule has 5 aromatic carbocycles. The van der Waals surface area contributed by atoms with Crippen LogP contribution in [0.5, 0.6) is 0 Å². The van der Waals surface area contributed by atoms with Gasteiger partial charge in [-0.3, -0.25) is 0 Å². The number of hydrogen-bond acceptors (Lipinski definition) is 2. The zero-order valence-electron chi connectivity index (χ0n) is 20.3. The van der Waals surface area contributed by atoms with E-state index in [1.807, 2.05) is 0 Å². The Labute approximate surface area is 208 Å². The Morgan fingerprint density at radius 1 is 0.429 bits per heavy atom. The summed E-state index contributed by atoms with van der Waals surface area (Å²) in [5, 5.41) is 0. The second-order valence-electron chi connectivity index (χ2n) is 8.62. The highest BCUT2D eigenvalue weighted by atomic mass is 15.2. The molecule has 0 spiro atoms. The molecule has 35 heavy (non-hydrogen) atoms. The van der Waals surface area contributed by atoms with Crippen molar-refractivity contribution < 1.29 is 0 Å². The molecule has 0 saturated heterocycles. The number of benzene rings is 5. The molecule has 2 heteroatoms. The second-order valence-corrected chi connectivity index (χ2v) is 8.62. The van der Waals surface area contributed by atoms with Gasteiger partial charge >= 0.3 is 0 Å². The Bertz CT molecular complexity index is 1360. The van der Waals surface area contributed by atoms with E-state index in [2.05, 4.69) is 157 Å². The van der Waals surface area contributed by atoms with E-state index in [0.29, 0.717) is 0 Å². The number of nitrogens with zero attached hydrogens (tertiary/aromatic N) is 2. The van der Waals surface area contributed by atoms with Crippen molar-refractivity contribution in [3.05, 3.63) is 133 Å². The lowest BCUT2D eigenvalue weighted by Gasteiger charge is -2.30. The lowest BCUT2D eigenvalue weighted by molar-refractivity contribution is 1.02. The van der Waals surface area contributed by atoms with Crippen molar-refractivity contribution in [1.82, 2.24) is 0 Å². The van der Waals surface area contributed by atoms with Gasteiger partial charge in [0.2, 0.25) is 0 Å². The van der Waals surface area contributed by atoms with Gasteiger partial charge in [-0.1, -0.05) is 97.1 Å². The van der Waals surface area contributed by atoms with Crippen molar-refractivity contribution in [3.8, 4) is 22.3 Å². The molecule has 0 atom stereocenters. The number of para-hydroxylation sites is 2. The maximum atomic E-state index is 2.37. The molecule has 0 aliphatic carbocycles. The molecule has 0 N–H and O–H groups in total. The van der Waals surface area contributed by atoms with Gasteiger partial charge in [0.25, 0.3) is 0 Å². The highest BCUT2D eigenvalue weighted by molar-refractivity contribution is 5.82. The van der Waals surface area contributed by atoms with E-state index in [9.17, 15) is 0 Å². The Kier molecular flexibility index (Phi) is 6.63. The molecule has 0 unspecified atom stereocenters. The van der Waals surface area contributed by atoms with Crippen LogP contribution in [0.1, 0.15) is 6.92 Å². The highest BCUT2D eigenvalue weighted by Gasteiger charge is 2.16. The van der Waals surface area contributed by atoms with Crippen LogP contribution in [0.2, 0.25) is 0 Å². The van der Waals surface area contributed by atoms with E-state index in [-0.39, 0.29) is 0 Å². The zero-order chi connectivity index (χ0) is 24.0. The summed E-state index contributed by atoms with van der Waals surface area (Å²) in [7, 11) is 2.14. The van der Waals surface area contributed by atoms with Gasteiger partial charge in [-0.15, -0.1) is 0 Å². The summed E-state index contributed by atoms with van der Waals surface area (Å²) in [5.41, 5.74) is 9.64. The average Bonchev–Trinajstić information content (AvgIpc) is 2.95. The molecular formula is C33H30N2. The smallest absolute Gasteiger partial charge is 0.0651 e. The lowest BCUT2D eigenvalue weighted by Crippen LogP contribution is -2.20. The van der Waals surface area contributed by atoms with Gasteiger partial charge in [0.15, 0.2) is 0 Å². The van der Waals surface area contributed by atoms with Crippen LogP contribution in [0.4, 0.5) is 22.7 Å². The van der Waals surface area contributed by atoms with Gasteiger partial charge in [-0.25, -0.2) is 0 Å². The maximum absolute atomic E-state index is 2.37. The monoisotopic (exact) mass is 454 g/mol. The van der Waals surface area contributed by atoms with Crippen LogP contribution in [-0.2, 0) is 0 Å². The van der Waals surface area contributed by atoms with Crippen LogP contribution in [0.15, 0.2) is 133 Å². The average molecular weight is 455 g/mol. The third-order valence-corrected chi connectivity index (χ3v) is 6.50. The van der Waals surface area contributed by atoms with E-state index in [1.54, 1.807) is 0 Å². The third-order valence-electron chi connectivity index (χ3n) is 6.50. The summed E-state index contributed by atoms with van der Waals surface area (Å²) in [6, 6.07) is 47.3. The second kappa shape index (κ2) is 10.3. The number of hydrogen-bond donors (Lipinski definition) is 0. The summed E-state index contributed by atoms with van der Waals surface area (Å²) in [4.78, 5) is 4.64. The molecule has 0 fully saturated rings. The SMILES string of the molecule is CCN(c1ccc(-c2ccccc2)cc1)c1ccccc1N(C)c1ccc(-c2ccccc2)cc1. The highest BCUT2D eigenvalue weighted by Crippen LogP contribution is 2.38. The molecule has 0 amide bonds. The van der Waals surface area contributed by atoms with Crippen LogP contribution >= 0.6 is 0 Å². The van der Waals surface area contributed by atoms with E-state index >= 15 is 0 Å². The molecular weight excluding hydrogens is 424 g/mol. The van der Waals surface area contributed by atoms with Gasteiger partial charge in [0.05, 0.1) is 11.4 Å². The Hall–Kier alpha value is -4.30. The Morgan fingerprint density at radius 3 is 1.31 bits per heavy atom. The van der Waals surface area contributed by atoms with Crippen molar-refractivity contribution in [2.75, 3.05) is 23.4 Å². The van der Waals surface area contributed by atoms with Crippen molar-refractivity contribution in [1.29, 1.82) is 0 Å². The van der Waals surface area contributed by atoms with Gasteiger partial charge in [-0.2, -0.15) is 0 Å². The number of rotatable bonds is 7. The van der Waals surface area contributed by atoms with Crippen molar-refractivity contribution in [2.45, 2.75) is 6.92 Å². The van der Waals surface area contributed by atoms with E-state index in [1.165, 1.54) is 39.3 Å². The maximum Gasteiger partial charge on any atom is 0.0651 e. The lowest BCUT2D eigenvalue weighted by atomic mass is 10.0. The van der Waals surface area contributed by atoms with E-state index in [0.717, 1.165) is 12.2 Å². The fourth-order valence-electron chi connectivity index (χ4n) is 4.58. The van der Waals surface area contributed by atoms with E-state index in [4.69, 9.17) is 0 Å². The predicted molar refractivity (Wildman–Crippen MR) is 151 cm³/mol. The molecule has 0 heterocycles. The molecule has 5 rings (SSSR count). The minimum Gasteiger partial charge on any atom is -0.343 e. The van der Waals surface area contributed by atoms with Crippen molar-refractivity contribution >= 4 is 22.7 Å². The first-order valence-electron chi connectivity index (χ1n) is 12.2. The van der Waals surface area contributed by atoms with Crippen LogP contribution in [-0.4, -0.2) is 13.6 Å². The molecule has 0 saturated carbocycles. The van der Waals surface area contributed by atoms with Gasteiger partial charge < -0.3 is 9.80 Å². The van der Waals surface area contributed by atoms with Crippen molar-refractivity contribution in [2.24, 2.45) is 0 Å². The molecule has 172 valence electrons. The fraction of sp³-hybridized carbons (Fsp3) is 0.0909. The van der Waals surface area contributed by atoms with Crippen LogP contribution in [0.3, 0.4) is 0 Å². The largest absolute Gasteiger partial charge is 0.343 e. The minimum absolute atomic E-state index is 0.877. The first-order chi connectivity index (χ1) is 17.2. The summed E-state index contributed by atoms with van der Waals surface area (Å²) in [6.45, 7) is 3.08. The predicted octanol–water partition coefficient (Wildman–Crippen LogP) is 8.95. The van der Waals surface area contributed by atoms with E-state index < -0.39 is 0 Å². The summed E-state index contributed by atoms with van der Waals surface area (Å²) >= 11 is 0. The minimum atomic E-state index is 0.877. The first-order valence-corrected chi connectivity index (χ1v) is 12.2. The topological polar surface area (TPSA) is 6.48 Å².